The second-order valence-corrected chi connectivity index (χ2v) is 6.28. The molecule has 2 amide bonds. The van der Waals surface area contributed by atoms with E-state index in [-0.39, 0.29) is 23.5 Å². The number of carbonyl (C=O) groups is 2. The molecule has 0 spiro atoms. The van der Waals surface area contributed by atoms with Crippen LogP contribution in [-0.2, 0) is 9.59 Å². The molecule has 23 heavy (non-hydrogen) atoms. The normalized spacial score (nSPS) is 17.0. The van der Waals surface area contributed by atoms with E-state index in [0.717, 1.165) is 0 Å². The fourth-order valence-electron chi connectivity index (χ4n) is 2.96. The molecule has 2 N–H and O–H groups in total. The van der Waals surface area contributed by atoms with Crippen molar-refractivity contribution in [2.75, 3.05) is 25.5 Å². The van der Waals surface area contributed by atoms with Gasteiger partial charge in [0.2, 0.25) is 11.8 Å². The third-order valence-electron chi connectivity index (χ3n) is 4.29. The first-order chi connectivity index (χ1) is 10.9. The third-order valence-corrected chi connectivity index (χ3v) is 4.29. The Bertz CT molecular complexity index is 581. The highest BCUT2D eigenvalue weighted by atomic mass is 19.1. The van der Waals surface area contributed by atoms with E-state index in [4.69, 9.17) is 0 Å². The van der Waals surface area contributed by atoms with Crippen LogP contribution in [-0.4, -0.2) is 42.4 Å². The van der Waals surface area contributed by atoms with Gasteiger partial charge in [-0.1, -0.05) is 19.9 Å². The van der Waals surface area contributed by atoms with Crippen molar-refractivity contribution in [3.8, 4) is 0 Å². The number of nitrogens with zero attached hydrogens (tertiary/aromatic N) is 1. The van der Waals surface area contributed by atoms with Crippen molar-refractivity contribution in [2.24, 2.45) is 5.92 Å². The van der Waals surface area contributed by atoms with Crippen LogP contribution < -0.4 is 10.6 Å². The second kappa shape index (κ2) is 6.98. The van der Waals surface area contributed by atoms with Crippen molar-refractivity contribution >= 4 is 17.5 Å². The Hall–Kier alpha value is -2.11. The predicted octanol–water partition coefficient (Wildman–Crippen LogP) is 2.00. The number of likely N-dealkylation sites (N-methyl/N-ethyl adjacent to an activating group) is 1. The molecule has 0 unspecified atom stereocenters. The number of rotatable bonds is 4. The van der Waals surface area contributed by atoms with Crippen molar-refractivity contribution in [1.82, 2.24) is 10.2 Å². The molecule has 1 fully saturated rings. The standard InChI is InChI=1S/C17H24FN3O2/c1-12(2)15(22)21-9-7-17(8-10-21,16(23)19-3)20-14-6-4-5-13(18)11-14/h4-6,11-12,20H,7-10H2,1-3H3,(H,19,23). The van der Waals surface area contributed by atoms with Crippen LogP contribution in [0.3, 0.4) is 0 Å². The van der Waals surface area contributed by atoms with Gasteiger partial charge in [0.05, 0.1) is 0 Å². The summed E-state index contributed by atoms with van der Waals surface area (Å²) in [5, 5.41) is 5.86. The van der Waals surface area contributed by atoms with Crippen molar-refractivity contribution in [3.63, 3.8) is 0 Å². The zero-order valence-electron chi connectivity index (χ0n) is 13.9. The van der Waals surface area contributed by atoms with Crippen molar-refractivity contribution in [3.05, 3.63) is 30.1 Å². The number of carbonyl (C=O) groups excluding carboxylic acids is 2. The van der Waals surface area contributed by atoms with Crippen LogP contribution in [0.15, 0.2) is 24.3 Å². The fourth-order valence-corrected chi connectivity index (χ4v) is 2.96. The molecule has 0 radical (unpaired) electrons. The van der Waals surface area contributed by atoms with E-state index in [0.29, 0.717) is 31.6 Å². The molecular formula is C17H24FN3O2. The highest BCUT2D eigenvalue weighted by Gasteiger charge is 2.42. The topological polar surface area (TPSA) is 61.4 Å². The SMILES string of the molecule is CNC(=O)C1(Nc2cccc(F)c2)CCN(C(=O)C(C)C)CC1. The molecule has 1 aliphatic rings. The summed E-state index contributed by atoms with van der Waals surface area (Å²) in [5.41, 5.74) is -0.256. The Kier molecular flexibility index (Phi) is 5.23. The smallest absolute Gasteiger partial charge is 0.245 e. The highest BCUT2D eigenvalue weighted by molar-refractivity contribution is 5.90. The lowest BCUT2D eigenvalue weighted by atomic mass is 9.85. The zero-order valence-corrected chi connectivity index (χ0v) is 13.9. The minimum Gasteiger partial charge on any atom is -0.371 e. The van der Waals surface area contributed by atoms with Gasteiger partial charge in [-0.25, -0.2) is 4.39 Å². The average molecular weight is 321 g/mol. The van der Waals surface area contributed by atoms with Gasteiger partial charge in [-0.3, -0.25) is 9.59 Å². The lowest BCUT2D eigenvalue weighted by Gasteiger charge is -2.42. The molecule has 5 nitrogen and oxygen atoms in total. The molecule has 0 bridgehead atoms. The first-order valence-corrected chi connectivity index (χ1v) is 7.93. The summed E-state index contributed by atoms with van der Waals surface area (Å²) in [5.74, 6) is -0.451. The molecule has 0 aliphatic carbocycles. The van der Waals surface area contributed by atoms with Crippen LogP contribution in [0.5, 0.6) is 0 Å². The van der Waals surface area contributed by atoms with Crippen LogP contribution in [0.2, 0.25) is 0 Å². The molecule has 126 valence electrons. The van der Waals surface area contributed by atoms with Crippen LogP contribution in [0, 0.1) is 11.7 Å². The summed E-state index contributed by atoms with van der Waals surface area (Å²) in [6.07, 6.45) is 0.975. The van der Waals surface area contributed by atoms with Crippen LogP contribution in [0.1, 0.15) is 26.7 Å². The molecular weight excluding hydrogens is 297 g/mol. The number of amides is 2. The molecule has 0 aromatic heterocycles. The first-order valence-electron chi connectivity index (χ1n) is 7.93. The largest absolute Gasteiger partial charge is 0.371 e. The minimum atomic E-state index is -0.823. The number of halogens is 1. The predicted molar refractivity (Wildman–Crippen MR) is 87.5 cm³/mol. The molecule has 1 heterocycles. The Morgan fingerprint density at radius 2 is 1.91 bits per heavy atom. The van der Waals surface area contributed by atoms with E-state index < -0.39 is 5.54 Å². The van der Waals surface area contributed by atoms with Crippen LogP contribution in [0.4, 0.5) is 10.1 Å². The summed E-state index contributed by atoms with van der Waals surface area (Å²) in [6, 6.07) is 6.07. The van der Waals surface area contributed by atoms with Crippen LogP contribution >= 0.6 is 0 Å². The molecule has 0 atom stereocenters. The Morgan fingerprint density at radius 3 is 2.43 bits per heavy atom. The van der Waals surface area contributed by atoms with Gasteiger partial charge >= 0.3 is 0 Å². The molecule has 1 aliphatic heterocycles. The summed E-state index contributed by atoms with van der Waals surface area (Å²) in [6.45, 7) is 4.75. The maximum absolute atomic E-state index is 13.4. The van der Waals surface area contributed by atoms with E-state index in [1.807, 2.05) is 13.8 Å². The molecule has 2 rings (SSSR count). The first kappa shape index (κ1) is 17.2. The summed E-state index contributed by atoms with van der Waals surface area (Å²) in [7, 11) is 1.59. The van der Waals surface area contributed by atoms with E-state index in [1.165, 1.54) is 12.1 Å². The zero-order chi connectivity index (χ0) is 17.0. The van der Waals surface area contributed by atoms with Gasteiger partial charge in [-0.05, 0) is 31.0 Å². The summed E-state index contributed by atoms with van der Waals surface area (Å²) < 4.78 is 13.4. The van der Waals surface area contributed by atoms with Gasteiger partial charge in [0, 0.05) is 31.7 Å². The summed E-state index contributed by atoms with van der Waals surface area (Å²) in [4.78, 5) is 26.3. The molecule has 1 aromatic rings. The Labute approximate surface area is 136 Å². The lowest BCUT2D eigenvalue weighted by molar-refractivity contribution is -0.138. The molecule has 6 heteroatoms. The van der Waals surface area contributed by atoms with E-state index in [1.54, 1.807) is 24.1 Å². The monoisotopic (exact) mass is 321 g/mol. The number of likely N-dealkylation sites (tertiary alicyclic amines) is 1. The van der Waals surface area contributed by atoms with Crippen molar-refractivity contribution in [1.29, 1.82) is 0 Å². The number of nitrogens with one attached hydrogen (secondary N) is 2. The van der Waals surface area contributed by atoms with Crippen LogP contribution in [0.25, 0.3) is 0 Å². The molecule has 1 aromatic carbocycles. The maximum Gasteiger partial charge on any atom is 0.245 e. The van der Waals surface area contributed by atoms with Gasteiger partial charge in [0.1, 0.15) is 11.4 Å². The number of benzene rings is 1. The molecule has 0 saturated carbocycles. The summed E-state index contributed by atoms with van der Waals surface area (Å²) >= 11 is 0. The van der Waals surface area contributed by atoms with Gasteiger partial charge in [-0.2, -0.15) is 0 Å². The Morgan fingerprint density at radius 1 is 1.26 bits per heavy atom. The maximum atomic E-state index is 13.4. The average Bonchev–Trinajstić information content (AvgIpc) is 2.54. The quantitative estimate of drug-likeness (QED) is 0.892. The highest BCUT2D eigenvalue weighted by Crippen LogP contribution is 2.28. The second-order valence-electron chi connectivity index (χ2n) is 6.28. The third kappa shape index (κ3) is 3.81. The van der Waals surface area contributed by atoms with Gasteiger partial charge in [0.15, 0.2) is 0 Å². The lowest BCUT2D eigenvalue weighted by Crippen LogP contribution is -2.58. The van der Waals surface area contributed by atoms with Crippen molar-refractivity contribution < 1.29 is 14.0 Å². The van der Waals surface area contributed by atoms with E-state index in [2.05, 4.69) is 10.6 Å². The van der Waals surface area contributed by atoms with Crippen molar-refractivity contribution in [2.45, 2.75) is 32.2 Å². The van der Waals surface area contributed by atoms with Gasteiger partial charge in [0.25, 0.3) is 0 Å². The fraction of sp³-hybridized carbons (Fsp3) is 0.529. The van der Waals surface area contributed by atoms with Gasteiger partial charge in [-0.15, -0.1) is 0 Å². The minimum absolute atomic E-state index is 0.0568. The van der Waals surface area contributed by atoms with E-state index in [9.17, 15) is 14.0 Å². The number of hydrogen-bond donors (Lipinski definition) is 2. The number of hydrogen-bond acceptors (Lipinski definition) is 3. The molecule has 1 saturated heterocycles. The number of anilines is 1. The van der Waals surface area contributed by atoms with Gasteiger partial charge < -0.3 is 15.5 Å². The van der Waals surface area contributed by atoms with E-state index >= 15 is 0 Å². The Balaban J connectivity index is 2.16. The number of piperidine rings is 1.